The fourth-order valence-corrected chi connectivity index (χ4v) is 3.08. The maximum atomic E-state index is 12.7. The van der Waals surface area contributed by atoms with E-state index in [2.05, 4.69) is 18.7 Å². The van der Waals surface area contributed by atoms with Gasteiger partial charge in [0.15, 0.2) is 0 Å². The summed E-state index contributed by atoms with van der Waals surface area (Å²) in [5.41, 5.74) is -0.375. The van der Waals surface area contributed by atoms with Crippen LogP contribution in [0.1, 0.15) is 43.9 Å². The first-order chi connectivity index (χ1) is 9.79. The lowest BCUT2D eigenvalue weighted by Gasteiger charge is -2.29. The van der Waals surface area contributed by atoms with Crippen LogP contribution in [0.4, 0.5) is 13.2 Å². The van der Waals surface area contributed by atoms with E-state index in [9.17, 15) is 18.3 Å². The molecule has 2 atom stereocenters. The van der Waals surface area contributed by atoms with Crippen molar-refractivity contribution in [2.75, 3.05) is 13.1 Å². The maximum Gasteiger partial charge on any atom is 0.416 e. The predicted octanol–water partition coefficient (Wildman–Crippen LogP) is 3.86. The van der Waals surface area contributed by atoms with Crippen molar-refractivity contribution in [3.63, 3.8) is 0 Å². The fourth-order valence-electron chi connectivity index (χ4n) is 3.08. The monoisotopic (exact) mass is 301 g/mol. The number of benzene rings is 1. The summed E-state index contributed by atoms with van der Waals surface area (Å²) in [4.78, 5) is 2.19. The van der Waals surface area contributed by atoms with Crippen LogP contribution < -0.4 is 0 Å². The molecule has 1 N–H and O–H groups in total. The molecule has 1 aliphatic rings. The predicted molar refractivity (Wildman–Crippen MR) is 75.8 cm³/mol. The molecular weight excluding hydrogens is 279 g/mol. The summed E-state index contributed by atoms with van der Waals surface area (Å²) in [7, 11) is 0. The third-order valence-electron chi connectivity index (χ3n) is 4.19. The van der Waals surface area contributed by atoms with E-state index in [1.54, 1.807) is 6.07 Å². The third kappa shape index (κ3) is 3.98. The van der Waals surface area contributed by atoms with Crippen molar-refractivity contribution in [2.45, 2.75) is 45.0 Å². The Morgan fingerprint density at radius 3 is 2.67 bits per heavy atom. The lowest BCUT2D eigenvalue weighted by Crippen LogP contribution is -2.36. The highest BCUT2D eigenvalue weighted by atomic mass is 19.4. The molecule has 118 valence electrons. The van der Waals surface area contributed by atoms with Crippen LogP contribution in [0, 0.1) is 5.92 Å². The van der Waals surface area contributed by atoms with E-state index in [1.165, 1.54) is 6.07 Å². The lowest BCUT2D eigenvalue weighted by atomic mass is 10.0. The van der Waals surface area contributed by atoms with Crippen molar-refractivity contribution in [1.82, 2.24) is 4.90 Å². The highest BCUT2D eigenvalue weighted by molar-refractivity contribution is 5.27. The van der Waals surface area contributed by atoms with E-state index in [0.717, 1.165) is 31.5 Å². The average molecular weight is 301 g/mol. The molecule has 0 aliphatic carbocycles. The van der Waals surface area contributed by atoms with Gasteiger partial charge in [0.05, 0.1) is 11.7 Å². The molecule has 1 aromatic rings. The summed E-state index contributed by atoms with van der Waals surface area (Å²) >= 11 is 0. The lowest BCUT2D eigenvalue weighted by molar-refractivity contribution is -0.137. The fraction of sp³-hybridized carbons (Fsp3) is 0.625. The van der Waals surface area contributed by atoms with Gasteiger partial charge in [0, 0.05) is 12.6 Å². The molecule has 2 nitrogen and oxygen atoms in total. The van der Waals surface area contributed by atoms with Crippen LogP contribution in [0.15, 0.2) is 24.3 Å². The second kappa shape index (κ2) is 6.36. The van der Waals surface area contributed by atoms with Crippen LogP contribution >= 0.6 is 0 Å². The zero-order valence-corrected chi connectivity index (χ0v) is 12.4. The van der Waals surface area contributed by atoms with Gasteiger partial charge in [0.1, 0.15) is 0 Å². The van der Waals surface area contributed by atoms with E-state index in [-0.39, 0.29) is 0 Å². The Morgan fingerprint density at radius 2 is 2.05 bits per heavy atom. The Balaban J connectivity index is 2.08. The Bertz CT molecular complexity index is 473. The summed E-state index contributed by atoms with van der Waals surface area (Å²) in [6.07, 6.45) is -3.08. The molecular formula is C16H22F3NO. The van der Waals surface area contributed by atoms with Gasteiger partial charge in [-0.25, -0.2) is 0 Å². The first-order valence-electron chi connectivity index (χ1n) is 7.38. The number of β-amino-alcohol motifs (C(OH)–C–C–N with tert-alkyl or cyclic N) is 1. The van der Waals surface area contributed by atoms with E-state index < -0.39 is 17.8 Å². The molecule has 0 saturated carbocycles. The van der Waals surface area contributed by atoms with Crippen molar-refractivity contribution < 1.29 is 18.3 Å². The first kappa shape index (κ1) is 16.3. The number of alkyl halides is 3. The Morgan fingerprint density at radius 1 is 1.33 bits per heavy atom. The summed E-state index contributed by atoms with van der Waals surface area (Å²) in [5.74, 6) is 0.487. The molecule has 0 spiro atoms. The minimum Gasteiger partial charge on any atom is -0.387 e. The number of hydrogen-bond acceptors (Lipinski definition) is 2. The molecule has 1 heterocycles. The summed E-state index contributed by atoms with van der Waals surface area (Å²) in [5, 5.41) is 10.3. The molecule has 0 bridgehead atoms. The first-order valence-corrected chi connectivity index (χ1v) is 7.38. The van der Waals surface area contributed by atoms with Crippen molar-refractivity contribution in [3.8, 4) is 0 Å². The number of nitrogens with zero attached hydrogens (tertiary/aromatic N) is 1. The Kier molecular flexibility index (Phi) is 4.94. The molecule has 5 heteroatoms. The zero-order chi connectivity index (χ0) is 15.6. The molecule has 0 radical (unpaired) electrons. The smallest absolute Gasteiger partial charge is 0.387 e. The molecule has 2 unspecified atom stereocenters. The van der Waals surface area contributed by atoms with Crippen LogP contribution in [-0.2, 0) is 6.18 Å². The van der Waals surface area contributed by atoms with Gasteiger partial charge in [-0.2, -0.15) is 13.2 Å². The maximum absolute atomic E-state index is 12.7. The van der Waals surface area contributed by atoms with Gasteiger partial charge >= 0.3 is 6.18 Å². The molecule has 21 heavy (non-hydrogen) atoms. The topological polar surface area (TPSA) is 23.5 Å². The molecule has 1 aliphatic heterocycles. The average Bonchev–Trinajstić information content (AvgIpc) is 2.86. The van der Waals surface area contributed by atoms with Crippen LogP contribution in [0.25, 0.3) is 0 Å². The quantitative estimate of drug-likeness (QED) is 0.913. The van der Waals surface area contributed by atoms with Crippen molar-refractivity contribution in [3.05, 3.63) is 35.4 Å². The molecule has 2 rings (SSSR count). The largest absolute Gasteiger partial charge is 0.416 e. The molecule has 1 saturated heterocycles. The van der Waals surface area contributed by atoms with E-state index in [0.29, 0.717) is 24.1 Å². The number of rotatable bonds is 4. The zero-order valence-electron chi connectivity index (χ0n) is 12.4. The van der Waals surface area contributed by atoms with Gasteiger partial charge in [-0.3, -0.25) is 4.90 Å². The minimum absolute atomic E-state index is 0.333. The molecule has 0 aromatic heterocycles. The summed E-state index contributed by atoms with van der Waals surface area (Å²) < 4.78 is 38.1. The van der Waals surface area contributed by atoms with Gasteiger partial charge < -0.3 is 5.11 Å². The van der Waals surface area contributed by atoms with Gasteiger partial charge in [-0.1, -0.05) is 26.0 Å². The molecule has 1 fully saturated rings. The number of hydrogen-bond donors (Lipinski definition) is 1. The van der Waals surface area contributed by atoms with Crippen LogP contribution in [-0.4, -0.2) is 29.1 Å². The van der Waals surface area contributed by atoms with Crippen molar-refractivity contribution >= 4 is 0 Å². The molecule has 0 amide bonds. The van der Waals surface area contributed by atoms with E-state index in [4.69, 9.17) is 0 Å². The van der Waals surface area contributed by atoms with Gasteiger partial charge in [-0.15, -0.1) is 0 Å². The van der Waals surface area contributed by atoms with Gasteiger partial charge in [0.25, 0.3) is 0 Å². The summed E-state index contributed by atoms with van der Waals surface area (Å²) in [6, 6.07) is 5.39. The van der Waals surface area contributed by atoms with E-state index >= 15 is 0 Å². The molecule has 1 aromatic carbocycles. The Hall–Kier alpha value is -1.07. The van der Waals surface area contributed by atoms with Crippen LogP contribution in [0.2, 0.25) is 0 Å². The van der Waals surface area contributed by atoms with Crippen LogP contribution in [0.3, 0.4) is 0 Å². The number of likely N-dealkylation sites (tertiary alicyclic amines) is 1. The Labute approximate surface area is 123 Å². The number of aliphatic hydroxyl groups is 1. The van der Waals surface area contributed by atoms with Crippen molar-refractivity contribution in [1.29, 1.82) is 0 Å². The highest BCUT2D eigenvalue weighted by Crippen LogP contribution is 2.32. The SMILES string of the molecule is CC(C)C1CCCN1CC(O)c1cccc(C(F)(F)F)c1. The summed E-state index contributed by atoms with van der Waals surface area (Å²) in [6.45, 7) is 5.57. The highest BCUT2D eigenvalue weighted by Gasteiger charge is 2.32. The standard InChI is InChI=1S/C16H22F3NO/c1-11(2)14-7-4-8-20(14)10-15(21)12-5-3-6-13(9-12)16(17,18)19/h3,5-6,9,11,14-15,21H,4,7-8,10H2,1-2H3. The second-order valence-electron chi connectivity index (χ2n) is 6.09. The number of aliphatic hydroxyl groups excluding tert-OH is 1. The minimum atomic E-state index is -4.37. The van der Waals surface area contributed by atoms with Gasteiger partial charge in [-0.05, 0) is 43.0 Å². The number of halogens is 3. The van der Waals surface area contributed by atoms with Crippen LogP contribution in [0.5, 0.6) is 0 Å². The van der Waals surface area contributed by atoms with Gasteiger partial charge in [0.2, 0.25) is 0 Å². The van der Waals surface area contributed by atoms with E-state index in [1.807, 2.05) is 0 Å². The second-order valence-corrected chi connectivity index (χ2v) is 6.09. The third-order valence-corrected chi connectivity index (χ3v) is 4.19. The van der Waals surface area contributed by atoms with Crippen molar-refractivity contribution in [2.24, 2.45) is 5.92 Å². The normalized spacial score (nSPS) is 22.0.